The molecule has 1 aromatic carbocycles. The van der Waals surface area contributed by atoms with E-state index in [0.717, 1.165) is 31.2 Å². The lowest BCUT2D eigenvalue weighted by Gasteiger charge is -2.14. The molecule has 2 rings (SSSR count). The van der Waals surface area contributed by atoms with Crippen molar-refractivity contribution in [1.82, 2.24) is 9.97 Å². The molecular weight excluding hydrogens is 399 g/mol. The van der Waals surface area contributed by atoms with Crippen molar-refractivity contribution in [1.29, 1.82) is 0 Å². The van der Waals surface area contributed by atoms with Gasteiger partial charge in [0.05, 0.1) is 0 Å². The summed E-state index contributed by atoms with van der Waals surface area (Å²) in [4.78, 5) is 9.07. The predicted octanol–water partition coefficient (Wildman–Crippen LogP) is 8.37. The summed E-state index contributed by atoms with van der Waals surface area (Å²) in [5.74, 6) is 1.99. The van der Waals surface area contributed by atoms with Crippen LogP contribution in [0.2, 0.25) is 0 Å². The molecule has 2 atom stereocenters. The Labute approximate surface area is 195 Å². The van der Waals surface area contributed by atoms with Gasteiger partial charge in [0.2, 0.25) is 0 Å². The Morgan fingerprint density at radius 1 is 0.812 bits per heavy atom. The van der Waals surface area contributed by atoms with E-state index < -0.39 is 6.17 Å². The Morgan fingerprint density at radius 2 is 1.47 bits per heavy atom. The second kappa shape index (κ2) is 15.8. The lowest BCUT2D eigenvalue weighted by atomic mass is 9.99. The average Bonchev–Trinajstić information content (AvgIpc) is 2.82. The minimum Gasteiger partial charge on any atom is -0.491 e. The molecule has 0 spiro atoms. The SMILES string of the molecule is CCCCCCCCCc1cnc(-c2ccc(OCC(F)CCC(C)CCC)cc2)nc1. The van der Waals surface area contributed by atoms with Crippen LogP contribution in [0.4, 0.5) is 4.39 Å². The normalized spacial score (nSPS) is 13.1. The number of halogens is 1. The number of nitrogens with zero attached hydrogens (tertiary/aromatic N) is 2. The summed E-state index contributed by atoms with van der Waals surface area (Å²) in [6.07, 6.45) is 17.0. The van der Waals surface area contributed by atoms with E-state index in [1.165, 1.54) is 50.5 Å². The van der Waals surface area contributed by atoms with Gasteiger partial charge in [-0.05, 0) is 61.4 Å². The van der Waals surface area contributed by atoms with Crippen molar-refractivity contribution in [3.63, 3.8) is 0 Å². The molecule has 0 radical (unpaired) electrons. The highest BCUT2D eigenvalue weighted by atomic mass is 19.1. The molecule has 0 aliphatic heterocycles. The van der Waals surface area contributed by atoms with Gasteiger partial charge in [-0.25, -0.2) is 14.4 Å². The van der Waals surface area contributed by atoms with Gasteiger partial charge < -0.3 is 4.74 Å². The molecule has 3 nitrogen and oxygen atoms in total. The number of ether oxygens (including phenoxy) is 1. The number of alkyl halides is 1. The minimum atomic E-state index is -0.916. The fourth-order valence-corrected chi connectivity index (χ4v) is 3.99. The van der Waals surface area contributed by atoms with E-state index >= 15 is 0 Å². The van der Waals surface area contributed by atoms with Crippen LogP contribution in [0.15, 0.2) is 36.7 Å². The van der Waals surface area contributed by atoms with Crippen LogP contribution in [-0.2, 0) is 6.42 Å². The first-order valence-corrected chi connectivity index (χ1v) is 12.8. The van der Waals surface area contributed by atoms with Crippen LogP contribution in [-0.4, -0.2) is 22.7 Å². The summed E-state index contributed by atoms with van der Waals surface area (Å²) in [7, 11) is 0. The summed E-state index contributed by atoms with van der Waals surface area (Å²) >= 11 is 0. The molecule has 178 valence electrons. The van der Waals surface area contributed by atoms with Gasteiger partial charge in [0.25, 0.3) is 0 Å². The first kappa shape index (κ1) is 26.3. The standard InChI is InChI=1S/C28H43FN2O/c1-4-6-7-8-9-10-11-13-24-20-30-28(31-21-24)25-15-18-27(19-16-25)32-22-26(29)17-14-23(3)12-5-2/h15-16,18-21,23,26H,4-14,17,22H2,1-3H3. The van der Waals surface area contributed by atoms with Crippen LogP contribution in [0.25, 0.3) is 11.4 Å². The number of rotatable bonds is 17. The third kappa shape index (κ3) is 10.6. The van der Waals surface area contributed by atoms with E-state index in [9.17, 15) is 4.39 Å². The van der Waals surface area contributed by atoms with E-state index in [0.29, 0.717) is 23.9 Å². The maximum absolute atomic E-state index is 14.1. The fraction of sp³-hybridized carbons (Fsp3) is 0.643. The summed E-state index contributed by atoms with van der Waals surface area (Å²) in [5, 5.41) is 0. The maximum Gasteiger partial charge on any atom is 0.159 e. The Hall–Kier alpha value is -1.97. The van der Waals surface area contributed by atoms with Gasteiger partial charge in [0, 0.05) is 18.0 Å². The van der Waals surface area contributed by atoms with Crippen LogP contribution in [0.3, 0.4) is 0 Å². The Morgan fingerprint density at radius 3 is 2.12 bits per heavy atom. The lowest BCUT2D eigenvalue weighted by Crippen LogP contribution is -2.14. The highest BCUT2D eigenvalue weighted by molar-refractivity contribution is 5.55. The third-order valence-electron chi connectivity index (χ3n) is 6.07. The topological polar surface area (TPSA) is 35.0 Å². The second-order valence-electron chi connectivity index (χ2n) is 9.19. The minimum absolute atomic E-state index is 0.113. The van der Waals surface area contributed by atoms with Gasteiger partial charge in [-0.3, -0.25) is 0 Å². The van der Waals surface area contributed by atoms with Crippen LogP contribution in [0.5, 0.6) is 5.75 Å². The number of aromatic nitrogens is 2. The van der Waals surface area contributed by atoms with Crippen LogP contribution >= 0.6 is 0 Å². The molecule has 1 heterocycles. The average molecular weight is 443 g/mol. The van der Waals surface area contributed by atoms with Crippen molar-refractivity contribution in [2.75, 3.05) is 6.61 Å². The molecular formula is C28H43FN2O. The van der Waals surface area contributed by atoms with Crippen molar-refractivity contribution in [3.05, 3.63) is 42.2 Å². The van der Waals surface area contributed by atoms with Gasteiger partial charge in [0.15, 0.2) is 5.82 Å². The lowest BCUT2D eigenvalue weighted by molar-refractivity contribution is 0.178. The molecule has 0 saturated carbocycles. The zero-order chi connectivity index (χ0) is 23.0. The summed E-state index contributed by atoms with van der Waals surface area (Å²) in [6, 6.07) is 7.63. The maximum atomic E-state index is 14.1. The molecule has 0 aliphatic rings. The van der Waals surface area contributed by atoms with Gasteiger partial charge in [-0.2, -0.15) is 0 Å². The molecule has 0 bridgehead atoms. The van der Waals surface area contributed by atoms with Crippen molar-refractivity contribution >= 4 is 0 Å². The quantitative estimate of drug-likeness (QED) is 0.231. The largest absolute Gasteiger partial charge is 0.491 e. The smallest absolute Gasteiger partial charge is 0.159 e. The molecule has 0 amide bonds. The van der Waals surface area contributed by atoms with Gasteiger partial charge in [0.1, 0.15) is 18.5 Å². The first-order valence-electron chi connectivity index (χ1n) is 12.8. The highest BCUT2D eigenvalue weighted by Crippen LogP contribution is 2.21. The van der Waals surface area contributed by atoms with Crippen molar-refractivity contribution in [3.8, 4) is 17.1 Å². The van der Waals surface area contributed by atoms with Crippen LogP contribution in [0.1, 0.15) is 97.0 Å². The Kier molecular flexibility index (Phi) is 13.0. The second-order valence-corrected chi connectivity index (χ2v) is 9.19. The van der Waals surface area contributed by atoms with Crippen LogP contribution in [0, 0.1) is 5.92 Å². The number of aryl methyl sites for hydroxylation is 1. The third-order valence-corrected chi connectivity index (χ3v) is 6.07. The fourth-order valence-electron chi connectivity index (χ4n) is 3.99. The van der Waals surface area contributed by atoms with E-state index in [2.05, 4.69) is 30.7 Å². The molecule has 0 saturated heterocycles. The summed E-state index contributed by atoms with van der Waals surface area (Å²) in [6.45, 7) is 6.74. The van der Waals surface area contributed by atoms with E-state index in [1.807, 2.05) is 36.7 Å². The Bertz CT molecular complexity index is 717. The number of hydrogen-bond donors (Lipinski definition) is 0. The van der Waals surface area contributed by atoms with E-state index in [-0.39, 0.29) is 6.61 Å². The summed E-state index contributed by atoms with van der Waals surface area (Å²) in [5.41, 5.74) is 2.15. The van der Waals surface area contributed by atoms with Crippen molar-refractivity contribution < 1.29 is 9.13 Å². The van der Waals surface area contributed by atoms with Gasteiger partial charge >= 0.3 is 0 Å². The monoisotopic (exact) mass is 442 g/mol. The van der Waals surface area contributed by atoms with E-state index in [1.54, 1.807) is 0 Å². The molecule has 2 unspecified atom stereocenters. The molecule has 4 heteroatoms. The van der Waals surface area contributed by atoms with E-state index in [4.69, 9.17) is 4.74 Å². The Balaban J connectivity index is 1.70. The molecule has 1 aromatic heterocycles. The van der Waals surface area contributed by atoms with Crippen LogP contribution < -0.4 is 4.74 Å². The van der Waals surface area contributed by atoms with Gasteiger partial charge in [-0.1, -0.05) is 72.1 Å². The zero-order valence-electron chi connectivity index (χ0n) is 20.5. The number of benzene rings is 1. The molecule has 32 heavy (non-hydrogen) atoms. The zero-order valence-corrected chi connectivity index (χ0v) is 20.5. The molecule has 0 aliphatic carbocycles. The number of hydrogen-bond acceptors (Lipinski definition) is 3. The molecule has 0 fully saturated rings. The van der Waals surface area contributed by atoms with Crippen molar-refractivity contribution in [2.45, 2.75) is 104 Å². The highest BCUT2D eigenvalue weighted by Gasteiger charge is 2.11. The van der Waals surface area contributed by atoms with Gasteiger partial charge in [-0.15, -0.1) is 0 Å². The molecule has 0 N–H and O–H groups in total. The summed E-state index contributed by atoms with van der Waals surface area (Å²) < 4.78 is 19.7. The predicted molar refractivity (Wildman–Crippen MR) is 133 cm³/mol. The number of unbranched alkanes of at least 4 members (excludes halogenated alkanes) is 6. The molecule has 2 aromatic rings. The van der Waals surface area contributed by atoms with Crippen molar-refractivity contribution in [2.24, 2.45) is 5.92 Å². The first-order chi connectivity index (χ1) is 15.6.